The summed E-state index contributed by atoms with van der Waals surface area (Å²) < 4.78 is 1.36. The van der Waals surface area contributed by atoms with Gasteiger partial charge in [0.15, 0.2) is 6.29 Å². The molecule has 0 saturated carbocycles. The highest BCUT2D eigenvalue weighted by Gasteiger charge is 2.13. The van der Waals surface area contributed by atoms with Crippen molar-refractivity contribution in [2.45, 2.75) is 0 Å². The molecule has 2 rings (SSSR count). The molecule has 0 bridgehead atoms. The highest BCUT2D eigenvalue weighted by Crippen LogP contribution is 2.18. The van der Waals surface area contributed by atoms with E-state index < -0.39 is 6.09 Å². The molecular weight excluding hydrogens is 222 g/mol. The number of anilines is 1. The molecule has 0 unspecified atom stereocenters. The van der Waals surface area contributed by atoms with Crippen LogP contribution in [0.3, 0.4) is 0 Å². The average Bonchev–Trinajstić information content (AvgIpc) is 2.72. The molecule has 1 aromatic heterocycles. The van der Waals surface area contributed by atoms with E-state index in [4.69, 9.17) is 5.11 Å². The second-order valence-electron chi connectivity index (χ2n) is 3.24. The second kappa shape index (κ2) is 4.48. The molecular formula is C11H9N3O3. The lowest BCUT2D eigenvalue weighted by Gasteiger charge is -2.07. The minimum atomic E-state index is -1.24. The van der Waals surface area contributed by atoms with Gasteiger partial charge in [-0.3, -0.25) is 10.1 Å². The first kappa shape index (κ1) is 10.9. The Hall–Kier alpha value is -2.63. The van der Waals surface area contributed by atoms with Gasteiger partial charge in [-0.25, -0.2) is 9.48 Å². The summed E-state index contributed by atoms with van der Waals surface area (Å²) in [5.41, 5.74) is 0.862. The van der Waals surface area contributed by atoms with Crippen molar-refractivity contribution in [3.8, 4) is 5.69 Å². The van der Waals surface area contributed by atoms with E-state index in [1.807, 2.05) is 6.07 Å². The van der Waals surface area contributed by atoms with Gasteiger partial charge in [-0.05, 0) is 12.1 Å². The number of aromatic nitrogens is 2. The van der Waals surface area contributed by atoms with Crippen molar-refractivity contribution in [1.29, 1.82) is 0 Å². The van der Waals surface area contributed by atoms with Gasteiger partial charge in [0.1, 0.15) is 5.82 Å². The Balaban J connectivity index is 2.51. The van der Waals surface area contributed by atoms with Gasteiger partial charge in [0.05, 0.1) is 17.4 Å². The molecule has 2 aromatic rings. The van der Waals surface area contributed by atoms with Crippen LogP contribution in [0.2, 0.25) is 0 Å². The Bertz CT molecular complexity index is 548. The van der Waals surface area contributed by atoms with Crippen LogP contribution in [-0.4, -0.2) is 27.3 Å². The maximum atomic E-state index is 10.8. The molecule has 0 aliphatic carbocycles. The van der Waals surface area contributed by atoms with Gasteiger partial charge in [0.2, 0.25) is 0 Å². The van der Waals surface area contributed by atoms with E-state index in [2.05, 4.69) is 10.4 Å². The zero-order valence-corrected chi connectivity index (χ0v) is 8.70. The van der Waals surface area contributed by atoms with E-state index in [0.717, 1.165) is 0 Å². The van der Waals surface area contributed by atoms with Crippen molar-refractivity contribution < 1.29 is 14.7 Å². The quantitative estimate of drug-likeness (QED) is 0.788. The highest BCUT2D eigenvalue weighted by atomic mass is 16.4. The van der Waals surface area contributed by atoms with Crippen molar-refractivity contribution in [2.75, 3.05) is 5.32 Å². The van der Waals surface area contributed by atoms with E-state index in [1.165, 1.54) is 10.9 Å². The Labute approximate surface area is 96.5 Å². The summed E-state index contributed by atoms with van der Waals surface area (Å²) in [5, 5.41) is 14.8. The van der Waals surface area contributed by atoms with E-state index in [0.29, 0.717) is 12.0 Å². The van der Waals surface area contributed by atoms with Crippen molar-refractivity contribution >= 4 is 18.2 Å². The summed E-state index contributed by atoms with van der Waals surface area (Å²) >= 11 is 0. The molecule has 1 amide bonds. The maximum Gasteiger partial charge on any atom is 0.410 e. The number of amides is 1. The van der Waals surface area contributed by atoms with Gasteiger partial charge in [-0.2, -0.15) is 5.10 Å². The minimum Gasteiger partial charge on any atom is -0.465 e. The molecule has 0 aliphatic heterocycles. The lowest BCUT2D eigenvalue weighted by atomic mass is 10.3. The first-order valence-electron chi connectivity index (χ1n) is 4.81. The standard InChI is InChI=1S/C11H9N3O3/c15-7-8-6-12-14(10(8)13-11(16)17)9-4-2-1-3-5-9/h1-7,13H,(H,16,17). The predicted molar refractivity (Wildman–Crippen MR) is 60.6 cm³/mol. The fourth-order valence-electron chi connectivity index (χ4n) is 1.44. The van der Waals surface area contributed by atoms with Crippen LogP contribution in [0.1, 0.15) is 10.4 Å². The van der Waals surface area contributed by atoms with Gasteiger partial charge in [-0.1, -0.05) is 18.2 Å². The largest absolute Gasteiger partial charge is 0.465 e. The van der Waals surface area contributed by atoms with E-state index in [-0.39, 0.29) is 11.4 Å². The highest BCUT2D eigenvalue weighted by molar-refractivity contribution is 5.91. The first-order valence-corrected chi connectivity index (χ1v) is 4.81. The molecule has 0 saturated heterocycles. The van der Waals surface area contributed by atoms with E-state index in [9.17, 15) is 9.59 Å². The van der Waals surface area contributed by atoms with E-state index in [1.54, 1.807) is 24.3 Å². The SMILES string of the molecule is O=Cc1cnn(-c2ccccc2)c1NC(=O)O. The summed E-state index contributed by atoms with van der Waals surface area (Å²) in [6, 6.07) is 8.94. The Morgan fingerprint density at radius 2 is 2.06 bits per heavy atom. The number of aldehydes is 1. The maximum absolute atomic E-state index is 10.8. The normalized spacial score (nSPS) is 9.88. The Morgan fingerprint density at radius 3 is 2.65 bits per heavy atom. The zero-order valence-electron chi connectivity index (χ0n) is 8.70. The summed E-state index contributed by atoms with van der Waals surface area (Å²) in [7, 11) is 0. The molecule has 86 valence electrons. The van der Waals surface area contributed by atoms with Crippen LogP contribution in [0.15, 0.2) is 36.5 Å². The van der Waals surface area contributed by atoms with Crippen LogP contribution < -0.4 is 5.32 Å². The molecule has 1 aromatic carbocycles. The van der Waals surface area contributed by atoms with Gasteiger partial charge < -0.3 is 5.11 Å². The topological polar surface area (TPSA) is 84.2 Å². The number of carboxylic acid groups (broad SMARTS) is 1. The number of hydrogen-bond donors (Lipinski definition) is 2. The summed E-state index contributed by atoms with van der Waals surface area (Å²) in [6.07, 6.45) is 0.619. The lowest BCUT2D eigenvalue weighted by molar-refractivity contribution is 0.112. The fourth-order valence-corrected chi connectivity index (χ4v) is 1.44. The van der Waals surface area contributed by atoms with Crippen LogP contribution in [0.5, 0.6) is 0 Å². The van der Waals surface area contributed by atoms with Crippen molar-refractivity contribution in [3.63, 3.8) is 0 Å². The number of para-hydroxylation sites is 1. The van der Waals surface area contributed by atoms with Crippen LogP contribution in [0.4, 0.5) is 10.6 Å². The average molecular weight is 231 g/mol. The Kier molecular flexibility index (Phi) is 2.87. The number of nitrogens with one attached hydrogen (secondary N) is 1. The Morgan fingerprint density at radius 1 is 1.35 bits per heavy atom. The fraction of sp³-hybridized carbons (Fsp3) is 0. The van der Waals surface area contributed by atoms with Crippen LogP contribution >= 0.6 is 0 Å². The number of hydrogen-bond acceptors (Lipinski definition) is 3. The molecule has 1 heterocycles. The number of rotatable bonds is 3. The van der Waals surface area contributed by atoms with Crippen LogP contribution in [0, 0.1) is 0 Å². The third kappa shape index (κ3) is 2.15. The van der Waals surface area contributed by atoms with Gasteiger partial charge in [0.25, 0.3) is 0 Å². The summed E-state index contributed by atoms with van der Waals surface area (Å²) in [6.45, 7) is 0. The molecule has 0 radical (unpaired) electrons. The third-order valence-electron chi connectivity index (χ3n) is 2.15. The third-order valence-corrected chi connectivity index (χ3v) is 2.15. The molecule has 6 heteroatoms. The molecule has 0 spiro atoms. The summed E-state index contributed by atoms with van der Waals surface area (Å²) in [5.74, 6) is 0.138. The smallest absolute Gasteiger partial charge is 0.410 e. The molecule has 0 fully saturated rings. The zero-order chi connectivity index (χ0) is 12.3. The molecule has 17 heavy (non-hydrogen) atoms. The number of nitrogens with zero attached hydrogens (tertiary/aromatic N) is 2. The second-order valence-corrected chi connectivity index (χ2v) is 3.24. The minimum absolute atomic E-state index is 0.138. The van der Waals surface area contributed by atoms with E-state index >= 15 is 0 Å². The molecule has 0 atom stereocenters. The van der Waals surface area contributed by atoms with Gasteiger partial charge in [0, 0.05) is 0 Å². The predicted octanol–water partition coefficient (Wildman–Crippen LogP) is 1.77. The molecule has 6 nitrogen and oxygen atoms in total. The lowest BCUT2D eigenvalue weighted by Crippen LogP contribution is -2.13. The van der Waals surface area contributed by atoms with Crippen molar-refractivity contribution in [2.24, 2.45) is 0 Å². The van der Waals surface area contributed by atoms with Crippen LogP contribution in [0.25, 0.3) is 5.69 Å². The monoisotopic (exact) mass is 231 g/mol. The van der Waals surface area contributed by atoms with Crippen molar-refractivity contribution in [3.05, 3.63) is 42.1 Å². The first-order chi connectivity index (χ1) is 8.22. The van der Waals surface area contributed by atoms with Crippen molar-refractivity contribution in [1.82, 2.24) is 9.78 Å². The van der Waals surface area contributed by atoms with Gasteiger partial charge in [-0.15, -0.1) is 0 Å². The van der Waals surface area contributed by atoms with Gasteiger partial charge >= 0.3 is 6.09 Å². The number of carbonyl (C=O) groups excluding carboxylic acids is 1. The van der Waals surface area contributed by atoms with Crippen LogP contribution in [-0.2, 0) is 0 Å². The number of carbonyl (C=O) groups is 2. The molecule has 2 N–H and O–H groups in total. The summed E-state index contributed by atoms with van der Waals surface area (Å²) in [4.78, 5) is 21.4. The number of benzene rings is 1. The molecule has 0 aliphatic rings.